The zero-order valence-corrected chi connectivity index (χ0v) is 9.01. The maximum absolute atomic E-state index is 5.04. The first-order valence-corrected chi connectivity index (χ1v) is 4.07. The van der Waals surface area contributed by atoms with Gasteiger partial charge in [0.15, 0.2) is 5.76 Å². The molecule has 0 radical (unpaired) electrons. The van der Waals surface area contributed by atoms with E-state index >= 15 is 0 Å². The van der Waals surface area contributed by atoms with Gasteiger partial charge in [-0.15, -0.1) is 0 Å². The summed E-state index contributed by atoms with van der Waals surface area (Å²) >= 11 is 3.18. The Morgan fingerprint density at radius 1 is 1.42 bits per heavy atom. The lowest BCUT2D eigenvalue weighted by Crippen LogP contribution is -1.91. The predicted molar refractivity (Wildman–Crippen MR) is 53.3 cm³/mol. The Kier molecular flexibility index (Phi) is 5.45. The van der Waals surface area contributed by atoms with Crippen LogP contribution in [0.25, 0.3) is 0 Å². The van der Waals surface area contributed by atoms with Gasteiger partial charge in [0.2, 0.25) is 0 Å². The molecule has 0 rings (SSSR count). The Balaban J connectivity index is 4.68. The second-order valence-corrected chi connectivity index (χ2v) is 2.77. The molecule has 0 saturated carbocycles. The van der Waals surface area contributed by atoms with Crippen LogP contribution in [0.2, 0.25) is 0 Å². The fourth-order valence-corrected chi connectivity index (χ4v) is 0.767. The molecule has 0 aliphatic heterocycles. The summed E-state index contributed by atoms with van der Waals surface area (Å²) in [6.07, 6.45) is 1.69. The van der Waals surface area contributed by atoms with Crippen molar-refractivity contribution in [3.05, 3.63) is 22.2 Å². The van der Waals surface area contributed by atoms with Crippen LogP contribution in [0.1, 0.15) is 6.92 Å². The first-order valence-electron chi connectivity index (χ1n) is 3.28. The molecule has 0 aromatic rings. The highest BCUT2D eigenvalue weighted by molar-refractivity contribution is 9.11. The highest BCUT2D eigenvalue weighted by Crippen LogP contribution is 2.14. The lowest BCUT2D eigenvalue weighted by Gasteiger charge is -2.05. The van der Waals surface area contributed by atoms with Crippen molar-refractivity contribution in [1.29, 1.82) is 0 Å². The van der Waals surface area contributed by atoms with Crippen LogP contribution in [-0.4, -0.2) is 20.9 Å². The highest BCUT2D eigenvalue weighted by Gasteiger charge is 1.99. The van der Waals surface area contributed by atoms with Crippen LogP contribution in [0.4, 0.5) is 0 Å². The summed E-state index contributed by atoms with van der Waals surface area (Å²) in [6.45, 7) is 5.15. The number of rotatable bonds is 4. The zero-order chi connectivity index (χ0) is 9.56. The molecule has 68 valence electrons. The molecule has 0 atom stereocenters. The molecule has 4 heteroatoms. The van der Waals surface area contributed by atoms with Crippen LogP contribution in [0.15, 0.2) is 27.2 Å². The average Bonchev–Trinajstić information content (AvgIpc) is 2.12. The third kappa shape index (κ3) is 3.57. The molecule has 0 spiro atoms. The molecule has 0 aromatic carbocycles. The van der Waals surface area contributed by atoms with E-state index in [1.165, 1.54) is 0 Å². The summed E-state index contributed by atoms with van der Waals surface area (Å²) in [6, 6.07) is 0. The Hall–Kier alpha value is -0.770. The minimum absolute atomic E-state index is 0.607. The first-order chi connectivity index (χ1) is 5.65. The van der Waals surface area contributed by atoms with Crippen molar-refractivity contribution >= 4 is 22.6 Å². The monoisotopic (exact) mass is 233 g/mol. The standard InChI is InChI=1S/C8H12BrNO2/c1-6(11-3)7(12-4)5-8(9)10-2/h5H,2H2,1,3-4H3/b7-6-,8-5-. The maximum atomic E-state index is 5.04. The minimum atomic E-state index is 0.607. The zero-order valence-electron chi connectivity index (χ0n) is 7.43. The minimum Gasteiger partial charge on any atom is -0.498 e. The summed E-state index contributed by atoms with van der Waals surface area (Å²) < 4.78 is 10.6. The number of aliphatic imine (C=N–C) groups is 1. The molecule has 3 nitrogen and oxygen atoms in total. The van der Waals surface area contributed by atoms with Gasteiger partial charge in [-0.25, -0.2) is 0 Å². The van der Waals surface area contributed by atoms with Crippen molar-refractivity contribution in [2.45, 2.75) is 6.92 Å². The van der Waals surface area contributed by atoms with Crippen LogP contribution >= 0.6 is 15.9 Å². The lowest BCUT2D eigenvalue weighted by molar-refractivity contribution is 0.232. The molecule has 0 aliphatic rings. The van der Waals surface area contributed by atoms with Crippen LogP contribution in [0, 0.1) is 0 Å². The van der Waals surface area contributed by atoms with Crippen LogP contribution < -0.4 is 0 Å². The number of hydrogen-bond acceptors (Lipinski definition) is 3. The summed E-state index contributed by atoms with van der Waals surface area (Å²) in [5.41, 5.74) is 0. The van der Waals surface area contributed by atoms with E-state index in [9.17, 15) is 0 Å². The van der Waals surface area contributed by atoms with E-state index in [1.807, 2.05) is 0 Å². The van der Waals surface area contributed by atoms with E-state index in [0.29, 0.717) is 16.1 Å². The number of methoxy groups -OCH3 is 2. The van der Waals surface area contributed by atoms with Gasteiger partial charge in [-0.1, -0.05) is 0 Å². The van der Waals surface area contributed by atoms with Crippen molar-refractivity contribution in [2.24, 2.45) is 4.99 Å². The maximum Gasteiger partial charge on any atom is 0.158 e. The smallest absolute Gasteiger partial charge is 0.158 e. The van der Waals surface area contributed by atoms with E-state index in [-0.39, 0.29) is 0 Å². The normalized spacial score (nSPS) is 13.5. The number of hydrogen-bond donors (Lipinski definition) is 0. The molecule has 0 aromatic heterocycles. The molecule has 0 saturated heterocycles. The van der Waals surface area contributed by atoms with E-state index in [0.717, 1.165) is 0 Å². The molecule has 0 unspecified atom stereocenters. The quantitative estimate of drug-likeness (QED) is 0.323. The Morgan fingerprint density at radius 3 is 2.33 bits per heavy atom. The molecule has 0 fully saturated rings. The van der Waals surface area contributed by atoms with Gasteiger partial charge in [-0.3, -0.25) is 4.99 Å². The molecular formula is C8H12BrNO2. The van der Waals surface area contributed by atoms with Crippen molar-refractivity contribution < 1.29 is 9.47 Å². The second-order valence-electron chi connectivity index (χ2n) is 1.95. The van der Waals surface area contributed by atoms with E-state index < -0.39 is 0 Å². The van der Waals surface area contributed by atoms with E-state index in [2.05, 4.69) is 27.6 Å². The predicted octanol–water partition coefficient (Wildman–Crippen LogP) is 2.45. The van der Waals surface area contributed by atoms with Gasteiger partial charge in [0.25, 0.3) is 0 Å². The van der Waals surface area contributed by atoms with Gasteiger partial charge in [0.1, 0.15) is 10.4 Å². The Morgan fingerprint density at radius 2 is 2.00 bits per heavy atom. The molecule has 0 bridgehead atoms. The fourth-order valence-electron chi connectivity index (χ4n) is 0.559. The molecule has 0 heterocycles. The number of ether oxygens (including phenoxy) is 2. The van der Waals surface area contributed by atoms with Crippen molar-refractivity contribution in [3.63, 3.8) is 0 Å². The molecule has 0 amide bonds. The topological polar surface area (TPSA) is 30.8 Å². The van der Waals surface area contributed by atoms with Crippen molar-refractivity contribution in [2.75, 3.05) is 14.2 Å². The van der Waals surface area contributed by atoms with Gasteiger partial charge in [0, 0.05) is 6.08 Å². The fraction of sp³-hybridized carbons (Fsp3) is 0.375. The van der Waals surface area contributed by atoms with Crippen LogP contribution in [0.5, 0.6) is 0 Å². The Bertz CT molecular complexity index is 221. The van der Waals surface area contributed by atoms with Crippen molar-refractivity contribution in [1.82, 2.24) is 0 Å². The molecule has 0 aliphatic carbocycles. The summed E-state index contributed by atoms with van der Waals surface area (Å²) in [7, 11) is 3.15. The number of halogens is 1. The number of allylic oxidation sites excluding steroid dienone is 2. The molecule has 0 N–H and O–H groups in total. The SMILES string of the molecule is C=N/C(Br)=C\C(OC)=C(/C)OC. The summed E-state index contributed by atoms with van der Waals surface area (Å²) in [4.78, 5) is 3.65. The van der Waals surface area contributed by atoms with Crippen molar-refractivity contribution in [3.8, 4) is 0 Å². The van der Waals surface area contributed by atoms with Gasteiger partial charge in [-0.2, -0.15) is 0 Å². The molecule has 12 heavy (non-hydrogen) atoms. The first kappa shape index (κ1) is 11.2. The van der Waals surface area contributed by atoms with E-state index in [1.54, 1.807) is 27.2 Å². The lowest BCUT2D eigenvalue weighted by atomic mass is 10.4. The average molecular weight is 234 g/mol. The largest absolute Gasteiger partial charge is 0.498 e. The third-order valence-corrected chi connectivity index (χ3v) is 1.75. The molecular weight excluding hydrogens is 222 g/mol. The summed E-state index contributed by atoms with van der Waals surface area (Å²) in [5.74, 6) is 1.31. The Labute approximate surface area is 80.9 Å². The van der Waals surface area contributed by atoms with Crippen LogP contribution in [-0.2, 0) is 9.47 Å². The summed E-state index contributed by atoms with van der Waals surface area (Å²) in [5, 5.41) is 0. The third-order valence-electron chi connectivity index (χ3n) is 1.27. The number of nitrogens with zero attached hydrogens (tertiary/aromatic N) is 1. The highest BCUT2D eigenvalue weighted by atomic mass is 79.9. The van der Waals surface area contributed by atoms with E-state index in [4.69, 9.17) is 9.47 Å². The van der Waals surface area contributed by atoms with Crippen LogP contribution in [0.3, 0.4) is 0 Å². The second kappa shape index (κ2) is 5.83. The van der Waals surface area contributed by atoms with Gasteiger partial charge >= 0.3 is 0 Å². The van der Waals surface area contributed by atoms with Gasteiger partial charge in [0.05, 0.1) is 14.2 Å². The van der Waals surface area contributed by atoms with Gasteiger partial charge in [-0.05, 0) is 29.6 Å². The van der Waals surface area contributed by atoms with Gasteiger partial charge < -0.3 is 9.47 Å².